The van der Waals surface area contributed by atoms with Crippen LogP contribution < -0.4 is 5.73 Å². The van der Waals surface area contributed by atoms with Gasteiger partial charge in [0, 0.05) is 30.2 Å². The van der Waals surface area contributed by atoms with Crippen LogP contribution in [0, 0.1) is 0 Å². The average molecular weight is 317 g/mol. The number of halogens is 3. The van der Waals surface area contributed by atoms with Gasteiger partial charge in [-0.15, -0.1) is 0 Å². The summed E-state index contributed by atoms with van der Waals surface area (Å²) < 4.78 is 39.8. The maximum atomic E-state index is 12.6. The lowest BCUT2D eigenvalue weighted by atomic mass is 10.1. The molecule has 3 aromatic rings. The Morgan fingerprint density at radius 1 is 0.957 bits per heavy atom. The molecule has 1 aromatic heterocycles. The van der Waals surface area contributed by atoms with Crippen molar-refractivity contribution in [1.82, 2.24) is 9.55 Å². The van der Waals surface area contributed by atoms with Gasteiger partial charge in [-0.25, -0.2) is 4.98 Å². The summed E-state index contributed by atoms with van der Waals surface area (Å²) in [6.45, 7) is 0.566. The van der Waals surface area contributed by atoms with Crippen LogP contribution in [0.5, 0.6) is 0 Å². The minimum absolute atomic E-state index is 0.566. The fraction of sp³-hybridized carbons (Fsp3) is 0.118. The van der Waals surface area contributed by atoms with Crippen LogP contribution in [0.2, 0.25) is 0 Å². The van der Waals surface area contributed by atoms with Gasteiger partial charge in [-0.05, 0) is 29.8 Å². The number of nitrogen functional groups attached to an aromatic ring is 1. The van der Waals surface area contributed by atoms with Crippen molar-refractivity contribution in [1.29, 1.82) is 0 Å². The third kappa shape index (κ3) is 3.36. The molecule has 0 aliphatic heterocycles. The smallest absolute Gasteiger partial charge is 0.399 e. The van der Waals surface area contributed by atoms with Gasteiger partial charge < -0.3 is 10.3 Å². The second kappa shape index (κ2) is 5.79. The first-order valence-corrected chi connectivity index (χ1v) is 6.97. The number of anilines is 1. The molecule has 3 rings (SSSR count). The van der Waals surface area contributed by atoms with E-state index in [0.717, 1.165) is 17.7 Å². The summed E-state index contributed by atoms with van der Waals surface area (Å²) in [7, 11) is 0. The molecule has 0 unspecified atom stereocenters. The Bertz CT molecular complexity index is 787. The van der Waals surface area contributed by atoms with Crippen LogP contribution in [-0.4, -0.2) is 9.55 Å². The van der Waals surface area contributed by atoms with E-state index in [9.17, 15) is 13.2 Å². The lowest BCUT2D eigenvalue weighted by Crippen LogP contribution is -2.05. The first kappa shape index (κ1) is 15.1. The third-order valence-electron chi connectivity index (χ3n) is 3.52. The van der Waals surface area contributed by atoms with Crippen molar-refractivity contribution in [3.8, 4) is 11.4 Å². The van der Waals surface area contributed by atoms with Gasteiger partial charge in [0.15, 0.2) is 0 Å². The molecule has 3 nitrogen and oxygen atoms in total. The Balaban J connectivity index is 1.87. The van der Waals surface area contributed by atoms with E-state index >= 15 is 0 Å². The third-order valence-corrected chi connectivity index (χ3v) is 3.52. The minimum Gasteiger partial charge on any atom is -0.399 e. The van der Waals surface area contributed by atoms with Crippen molar-refractivity contribution >= 4 is 5.69 Å². The van der Waals surface area contributed by atoms with Crippen molar-refractivity contribution in [2.24, 2.45) is 0 Å². The summed E-state index contributed by atoms with van der Waals surface area (Å²) in [6.07, 6.45) is -0.911. The molecule has 23 heavy (non-hydrogen) atoms. The zero-order valence-corrected chi connectivity index (χ0v) is 12.1. The molecule has 0 saturated carbocycles. The topological polar surface area (TPSA) is 43.8 Å². The van der Waals surface area contributed by atoms with E-state index in [1.807, 2.05) is 28.8 Å². The van der Waals surface area contributed by atoms with E-state index in [1.165, 1.54) is 12.1 Å². The summed E-state index contributed by atoms with van der Waals surface area (Å²) in [4.78, 5) is 4.25. The van der Waals surface area contributed by atoms with Crippen molar-refractivity contribution in [3.63, 3.8) is 0 Å². The van der Waals surface area contributed by atoms with Crippen molar-refractivity contribution in [2.45, 2.75) is 12.7 Å². The van der Waals surface area contributed by atoms with Gasteiger partial charge in [0.1, 0.15) is 5.82 Å². The van der Waals surface area contributed by atoms with Gasteiger partial charge >= 0.3 is 6.18 Å². The first-order valence-electron chi connectivity index (χ1n) is 6.97. The Morgan fingerprint density at radius 2 is 1.61 bits per heavy atom. The standard InChI is InChI=1S/C17H14F3N3/c18-17(19,20)14-5-3-13(4-6-14)16-22-9-10-23(16)11-12-1-7-15(21)8-2-12/h1-10H,11,21H2. The van der Waals surface area contributed by atoms with Crippen LogP contribution in [0.1, 0.15) is 11.1 Å². The lowest BCUT2D eigenvalue weighted by molar-refractivity contribution is -0.137. The van der Waals surface area contributed by atoms with Gasteiger partial charge in [-0.1, -0.05) is 24.3 Å². The van der Waals surface area contributed by atoms with Gasteiger partial charge in [0.05, 0.1) is 5.56 Å². The van der Waals surface area contributed by atoms with E-state index < -0.39 is 11.7 Å². The number of imidazole rings is 1. The number of aromatic nitrogens is 2. The number of rotatable bonds is 3. The van der Waals surface area contributed by atoms with Crippen LogP contribution in [0.25, 0.3) is 11.4 Å². The predicted octanol–water partition coefficient (Wildman–Crippen LogP) is 4.20. The van der Waals surface area contributed by atoms with Crippen molar-refractivity contribution in [2.75, 3.05) is 5.73 Å². The molecule has 1 heterocycles. The molecule has 0 amide bonds. The molecule has 0 bridgehead atoms. The van der Waals surface area contributed by atoms with Crippen LogP contribution in [-0.2, 0) is 12.7 Å². The SMILES string of the molecule is Nc1ccc(Cn2ccnc2-c2ccc(C(F)(F)F)cc2)cc1. The molecule has 0 aliphatic carbocycles. The highest BCUT2D eigenvalue weighted by Crippen LogP contribution is 2.30. The fourth-order valence-electron chi connectivity index (χ4n) is 2.33. The Morgan fingerprint density at radius 3 is 2.22 bits per heavy atom. The Hall–Kier alpha value is -2.76. The van der Waals surface area contributed by atoms with Gasteiger partial charge in [-0.3, -0.25) is 0 Å². The number of hydrogen-bond donors (Lipinski definition) is 1. The summed E-state index contributed by atoms with van der Waals surface area (Å²) in [5, 5.41) is 0. The van der Waals surface area contributed by atoms with E-state index in [2.05, 4.69) is 4.98 Å². The van der Waals surface area contributed by atoms with Gasteiger partial charge in [-0.2, -0.15) is 13.2 Å². The molecule has 118 valence electrons. The molecule has 2 N–H and O–H groups in total. The molecule has 0 saturated heterocycles. The normalized spacial score (nSPS) is 11.6. The fourth-order valence-corrected chi connectivity index (χ4v) is 2.33. The number of benzene rings is 2. The van der Waals surface area contributed by atoms with Gasteiger partial charge in [0.25, 0.3) is 0 Å². The highest BCUT2D eigenvalue weighted by Gasteiger charge is 2.30. The largest absolute Gasteiger partial charge is 0.416 e. The molecule has 0 radical (unpaired) electrons. The van der Waals surface area contributed by atoms with Crippen LogP contribution >= 0.6 is 0 Å². The molecule has 2 aromatic carbocycles. The highest BCUT2D eigenvalue weighted by atomic mass is 19.4. The molecular weight excluding hydrogens is 303 g/mol. The summed E-state index contributed by atoms with van der Waals surface area (Å²) >= 11 is 0. The summed E-state index contributed by atoms with van der Waals surface area (Å²) in [5.74, 6) is 0.621. The number of alkyl halides is 3. The maximum Gasteiger partial charge on any atom is 0.416 e. The zero-order valence-electron chi connectivity index (χ0n) is 12.1. The highest BCUT2D eigenvalue weighted by molar-refractivity contribution is 5.56. The zero-order chi connectivity index (χ0) is 16.4. The minimum atomic E-state index is -4.34. The number of hydrogen-bond acceptors (Lipinski definition) is 2. The summed E-state index contributed by atoms with van der Waals surface area (Å²) in [6, 6.07) is 12.4. The van der Waals surface area contributed by atoms with Crippen LogP contribution in [0.15, 0.2) is 60.9 Å². The molecular formula is C17H14F3N3. The Labute approximate surface area is 131 Å². The second-order valence-electron chi connectivity index (χ2n) is 5.20. The predicted molar refractivity (Wildman–Crippen MR) is 82.6 cm³/mol. The molecule has 0 spiro atoms. The molecule has 0 fully saturated rings. The second-order valence-corrected chi connectivity index (χ2v) is 5.20. The molecule has 0 atom stereocenters. The lowest BCUT2D eigenvalue weighted by Gasteiger charge is -2.10. The summed E-state index contributed by atoms with van der Waals surface area (Å²) in [5.41, 5.74) is 7.34. The average Bonchev–Trinajstić information content (AvgIpc) is 2.97. The first-order chi connectivity index (χ1) is 10.9. The van der Waals surface area contributed by atoms with Gasteiger partial charge in [0.2, 0.25) is 0 Å². The van der Waals surface area contributed by atoms with E-state index in [0.29, 0.717) is 23.6 Å². The molecule has 6 heteroatoms. The number of nitrogens with two attached hydrogens (primary N) is 1. The molecule has 0 aliphatic rings. The quantitative estimate of drug-likeness (QED) is 0.736. The van der Waals surface area contributed by atoms with Crippen molar-refractivity contribution in [3.05, 3.63) is 72.1 Å². The van der Waals surface area contributed by atoms with E-state index in [4.69, 9.17) is 5.73 Å². The van der Waals surface area contributed by atoms with E-state index in [1.54, 1.807) is 12.4 Å². The monoisotopic (exact) mass is 317 g/mol. The Kier molecular flexibility index (Phi) is 3.82. The number of nitrogens with zero attached hydrogens (tertiary/aromatic N) is 2. The van der Waals surface area contributed by atoms with Crippen LogP contribution in [0.4, 0.5) is 18.9 Å². The van der Waals surface area contributed by atoms with E-state index in [-0.39, 0.29) is 0 Å². The maximum absolute atomic E-state index is 12.6. The van der Waals surface area contributed by atoms with Crippen molar-refractivity contribution < 1.29 is 13.2 Å². The van der Waals surface area contributed by atoms with Crippen LogP contribution in [0.3, 0.4) is 0 Å².